The molecule has 0 saturated heterocycles. The largest absolute Gasteiger partial charge is 0.494 e. The number of aromatic amines is 1. The molecule has 0 bridgehead atoms. The average molecular weight is 309 g/mol. The van der Waals surface area contributed by atoms with Crippen LogP contribution in [0.5, 0.6) is 5.75 Å². The smallest absolute Gasteiger partial charge is 0.127 e. The Labute approximate surface area is 116 Å². The van der Waals surface area contributed by atoms with Crippen molar-refractivity contribution in [1.82, 2.24) is 9.97 Å². The number of hydrogen-bond acceptors (Lipinski definition) is 2. The van der Waals surface area contributed by atoms with Crippen LogP contribution in [0.2, 0.25) is 0 Å². The summed E-state index contributed by atoms with van der Waals surface area (Å²) in [5.41, 5.74) is 2.46. The maximum Gasteiger partial charge on any atom is 0.127 e. The van der Waals surface area contributed by atoms with Crippen LogP contribution in [0, 0.1) is 6.92 Å². The van der Waals surface area contributed by atoms with Gasteiger partial charge in [0.05, 0.1) is 6.61 Å². The third kappa shape index (κ3) is 3.35. The standard InChI is InChI=1S/C14H17BrN2O/c1-3-18-12-7-4-11(5-8-12)6-9-13-14(15)17-10(2)16-13/h4-5,7-8H,3,6,9H2,1-2H3,(H,16,17). The van der Waals surface area contributed by atoms with Crippen molar-refractivity contribution in [2.75, 3.05) is 6.61 Å². The molecule has 0 aliphatic rings. The lowest BCUT2D eigenvalue weighted by Crippen LogP contribution is -1.94. The highest BCUT2D eigenvalue weighted by molar-refractivity contribution is 9.10. The average Bonchev–Trinajstić information content (AvgIpc) is 2.67. The second-order valence-electron chi connectivity index (χ2n) is 4.17. The normalized spacial score (nSPS) is 10.6. The number of nitrogens with one attached hydrogen (secondary N) is 1. The lowest BCUT2D eigenvalue weighted by Gasteiger charge is -2.04. The predicted octanol–water partition coefficient (Wildman–Crippen LogP) is 3.66. The fourth-order valence-electron chi connectivity index (χ4n) is 1.87. The quantitative estimate of drug-likeness (QED) is 0.915. The summed E-state index contributed by atoms with van der Waals surface area (Å²) < 4.78 is 6.34. The van der Waals surface area contributed by atoms with E-state index in [-0.39, 0.29) is 0 Å². The van der Waals surface area contributed by atoms with Crippen molar-refractivity contribution < 1.29 is 4.74 Å². The Balaban J connectivity index is 1.95. The van der Waals surface area contributed by atoms with Gasteiger partial charge in [0, 0.05) is 5.69 Å². The van der Waals surface area contributed by atoms with Crippen molar-refractivity contribution >= 4 is 15.9 Å². The molecule has 0 amide bonds. The van der Waals surface area contributed by atoms with Crippen LogP contribution >= 0.6 is 15.9 Å². The van der Waals surface area contributed by atoms with Gasteiger partial charge in [0.15, 0.2) is 0 Å². The molecule has 1 heterocycles. The van der Waals surface area contributed by atoms with Crippen LogP contribution in [0.25, 0.3) is 0 Å². The maximum absolute atomic E-state index is 5.42. The second-order valence-corrected chi connectivity index (χ2v) is 4.92. The monoisotopic (exact) mass is 308 g/mol. The molecule has 2 aromatic rings. The van der Waals surface area contributed by atoms with Crippen LogP contribution < -0.4 is 4.74 Å². The molecule has 0 radical (unpaired) electrons. The van der Waals surface area contributed by atoms with E-state index in [1.54, 1.807) is 0 Å². The highest BCUT2D eigenvalue weighted by atomic mass is 79.9. The molecule has 0 fully saturated rings. The van der Waals surface area contributed by atoms with Gasteiger partial charge in [-0.15, -0.1) is 0 Å². The summed E-state index contributed by atoms with van der Waals surface area (Å²) in [6.45, 7) is 4.66. The Morgan fingerprint density at radius 3 is 2.50 bits per heavy atom. The zero-order chi connectivity index (χ0) is 13.0. The van der Waals surface area contributed by atoms with E-state index >= 15 is 0 Å². The molecule has 4 heteroatoms. The number of hydrogen-bond donors (Lipinski definition) is 1. The van der Waals surface area contributed by atoms with Gasteiger partial charge in [-0.05, 0) is 60.3 Å². The van der Waals surface area contributed by atoms with E-state index in [0.29, 0.717) is 6.61 Å². The van der Waals surface area contributed by atoms with E-state index < -0.39 is 0 Å². The van der Waals surface area contributed by atoms with Crippen LogP contribution in [-0.2, 0) is 12.8 Å². The van der Waals surface area contributed by atoms with E-state index in [1.165, 1.54) is 5.56 Å². The van der Waals surface area contributed by atoms with E-state index in [2.05, 4.69) is 38.0 Å². The van der Waals surface area contributed by atoms with Crippen LogP contribution in [0.3, 0.4) is 0 Å². The van der Waals surface area contributed by atoms with Gasteiger partial charge in [-0.25, -0.2) is 4.98 Å². The minimum absolute atomic E-state index is 0.708. The Morgan fingerprint density at radius 1 is 1.22 bits per heavy atom. The fraction of sp³-hybridized carbons (Fsp3) is 0.357. The summed E-state index contributed by atoms with van der Waals surface area (Å²) in [4.78, 5) is 7.57. The van der Waals surface area contributed by atoms with E-state index in [4.69, 9.17) is 4.74 Å². The lowest BCUT2D eigenvalue weighted by molar-refractivity contribution is 0.340. The van der Waals surface area contributed by atoms with Crippen LogP contribution in [0.1, 0.15) is 24.0 Å². The Kier molecular flexibility index (Phi) is 4.42. The third-order valence-corrected chi connectivity index (χ3v) is 3.40. The van der Waals surface area contributed by atoms with Gasteiger partial charge >= 0.3 is 0 Å². The highest BCUT2D eigenvalue weighted by Crippen LogP contribution is 2.17. The number of benzene rings is 1. The van der Waals surface area contributed by atoms with Gasteiger partial charge in [-0.2, -0.15) is 0 Å². The number of ether oxygens (including phenoxy) is 1. The molecule has 18 heavy (non-hydrogen) atoms. The van der Waals surface area contributed by atoms with E-state index in [1.807, 2.05) is 26.0 Å². The van der Waals surface area contributed by atoms with Crippen LogP contribution in [0.15, 0.2) is 28.9 Å². The number of H-pyrrole nitrogens is 1. The number of halogens is 1. The molecule has 3 nitrogen and oxygen atoms in total. The summed E-state index contributed by atoms with van der Waals surface area (Å²) in [5, 5.41) is 0. The van der Waals surface area contributed by atoms with E-state index in [0.717, 1.165) is 34.7 Å². The number of aromatic nitrogens is 2. The van der Waals surface area contributed by atoms with Gasteiger partial charge in [0.25, 0.3) is 0 Å². The first-order valence-corrected chi connectivity index (χ1v) is 6.91. The van der Waals surface area contributed by atoms with Gasteiger partial charge in [-0.3, -0.25) is 0 Å². The number of nitrogens with zero attached hydrogens (tertiary/aromatic N) is 1. The summed E-state index contributed by atoms with van der Waals surface area (Å²) in [7, 11) is 0. The molecule has 1 aromatic carbocycles. The van der Waals surface area contributed by atoms with Gasteiger partial charge in [0.2, 0.25) is 0 Å². The summed E-state index contributed by atoms with van der Waals surface area (Å²) in [6.07, 6.45) is 1.95. The zero-order valence-corrected chi connectivity index (χ0v) is 12.3. The Hall–Kier alpha value is -1.29. The molecular weight excluding hydrogens is 292 g/mol. The molecule has 0 unspecified atom stereocenters. The molecule has 2 rings (SSSR count). The van der Waals surface area contributed by atoms with Crippen molar-refractivity contribution in [3.8, 4) is 5.75 Å². The Morgan fingerprint density at radius 2 is 1.94 bits per heavy atom. The number of rotatable bonds is 5. The predicted molar refractivity (Wildman–Crippen MR) is 76.0 cm³/mol. The zero-order valence-electron chi connectivity index (χ0n) is 10.7. The molecule has 1 aromatic heterocycles. The first-order chi connectivity index (χ1) is 8.69. The topological polar surface area (TPSA) is 37.9 Å². The maximum atomic E-state index is 5.42. The van der Waals surface area contributed by atoms with Crippen molar-refractivity contribution in [2.24, 2.45) is 0 Å². The Bertz CT molecular complexity index is 505. The number of imidazole rings is 1. The summed E-state index contributed by atoms with van der Waals surface area (Å²) in [5.74, 6) is 1.88. The molecule has 1 N–H and O–H groups in total. The van der Waals surface area contributed by atoms with Crippen molar-refractivity contribution in [2.45, 2.75) is 26.7 Å². The van der Waals surface area contributed by atoms with Crippen LogP contribution in [-0.4, -0.2) is 16.6 Å². The SMILES string of the molecule is CCOc1ccc(CCc2[nH]c(C)nc2Br)cc1. The summed E-state index contributed by atoms with van der Waals surface area (Å²) >= 11 is 3.46. The molecule has 0 aliphatic heterocycles. The van der Waals surface area contributed by atoms with Gasteiger partial charge < -0.3 is 9.72 Å². The van der Waals surface area contributed by atoms with Gasteiger partial charge in [0.1, 0.15) is 16.2 Å². The van der Waals surface area contributed by atoms with Crippen molar-refractivity contribution in [3.63, 3.8) is 0 Å². The summed E-state index contributed by atoms with van der Waals surface area (Å²) in [6, 6.07) is 8.27. The van der Waals surface area contributed by atoms with Gasteiger partial charge in [-0.1, -0.05) is 12.1 Å². The minimum atomic E-state index is 0.708. The van der Waals surface area contributed by atoms with Crippen molar-refractivity contribution in [1.29, 1.82) is 0 Å². The van der Waals surface area contributed by atoms with Crippen molar-refractivity contribution in [3.05, 3.63) is 46.0 Å². The van der Waals surface area contributed by atoms with Crippen LogP contribution in [0.4, 0.5) is 0 Å². The fourth-order valence-corrected chi connectivity index (χ4v) is 2.43. The van der Waals surface area contributed by atoms with E-state index in [9.17, 15) is 0 Å². The molecule has 96 valence electrons. The second kappa shape index (κ2) is 6.05. The minimum Gasteiger partial charge on any atom is -0.494 e. The third-order valence-electron chi connectivity index (χ3n) is 2.74. The highest BCUT2D eigenvalue weighted by Gasteiger charge is 2.05. The number of aryl methyl sites for hydroxylation is 3. The molecule has 0 spiro atoms. The molecule has 0 saturated carbocycles. The first kappa shape index (κ1) is 13.1. The molecular formula is C14H17BrN2O. The lowest BCUT2D eigenvalue weighted by atomic mass is 10.1. The first-order valence-electron chi connectivity index (χ1n) is 6.11. The molecule has 0 atom stereocenters. The molecule has 0 aliphatic carbocycles.